The first-order valence-corrected chi connectivity index (χ1v) is 24.7. The lowest BCUT2D eigenvalue weighted by atomic mass is 9.78. The maximum absolute atomic E-state index is 14.3. The normalized spacial score (nSPS) is 40.9. The fraction of sp³-hybridized carbons (Fsp3) is 0.740. The van der Waals surface area contributed by atoms with Crippen molar-refractivity contribution in [1.82, 2.24) is 4.90 Å². The molecule has 0 aromatic rings. The molecule has 64 heavy (non-hydrogen) atoms. The summed E-state index contributed by atoms with van der Waals surface area (Å²) in [4.78, 5) is 71.7. The van der Waals surface area contributed by atoms with E-state index in [0.29, 0.717) is 63.4 Å². The van der Waals surface area contributed by atoms with E-state index in [9.17, 15) is 39.3 Å². The van der Waals surface area contributed by atoms with Gasteiger partial charge in [0, 0.05) is 48.9 Å². The zero-order valence-electron chi connectivity index (χ0n) is 39.6. The highest BCUT2D eigenvalue weighted by atomic mass is 127. The summed E-state index contributed by atoms with van der Waals surface area (Å²) in [5.74, 6) is -7.71. The lowest BCUT2D eigenvalue weighted by molar-refractivity contribution is -0.263. The standard InChI is InChI=1S/C50H76INO12/c1-29-15-11-10-12-16-30(2)38(51)27-37-20-18-35(7)50(60,64-37)47(57)48(58)52-22-14-13-17-39(52)49(59)63-42(32(4)25-36-19-21-40(53)43(26-36)61-8)28-41(54)31(3)24-34(6)45(56)46(62-9)44(55)33(5)23-29/h10-12,15-16,24,29,31-33,35-40,42-43,45-46,53,56,60H,13-14,17-23,25-28H2,1-9H3/b12-10+,15-11+,30-16-,34-24+/t29-,31-,32?,33-,35-,36-,37+,38?,39?,40-,42+,43-,45-,46+,50-/m1/s1. The number of rotatable bonds is 5. The van der Waals surface area contributed by atoms with Gasteiger partial charge in [0.1, 0.15) is 30.1 Å². The van der Waals surface area contributed by atoms with E-state index in [2.05, 4.69) is 22.6 Å². The quantitative estimate of drug-likeness (QED) is 0.0846. The highest BCUT2D eigenvalue weighted by Gasteiger charge is 2.53. The van der Waals surface area contributed by atoms with Crippen molar-refractivity contribution in [2.75, 3.05) is 20.8 Å². The van der Waals surface area contributed by atoms with Crippen molar-refractivity contribution in [1.29, 1.82) is 0 Å². The number of cyclic esters (lactones) is 1. The van der Waals surface area contributed by atoms with Crippen molar-refractivity contribution in [2.24, 2.45) is 35.5 Å². The van der Waals surface area contributed by atoms with E-state index in [4.69, 9.17) is 18.9 Å². The maximum atomic E-state index is 14.3. The van der Waals surface area contributed by atoms with Crippen molar-refractivity contribution < 1.29 is 58.2 Å². The molecule has 4 aliphatic rings. The molecule has 2 saturated heterocycles. The maximum Gasteiger partial charge on any atom is 0.329 e. The van der Waals surface area contributed by atoms with Crippen LogP contribution in [0.2, 0.25) is 0 Å². The number of ether oxygens (including phenoxy) is 4. The van der Waals surface area contributed by atoms with Crippen molar-refractivity contribution >= 4 is 51.8 Å². The number of aliphatic hydroxyl groups is 3. The predicted molar refractivity (Wildman–Crippen MR) is 252 cm³/mol. The number of nitrogens with zero attached hydrogens (tertiary/aromatic N) is 1. The Labute approximate surface area is 395 Å². The van der Waals surface area contributed by atoms with Crippen LogP contribution in [0.5, 0.6) is 0 Å². The van der Waals surface area contributed by atoms with Gasteiger partial charge in [0.25, 0.3) is 11.7 Å². The molecule has 1 amide bonds. The predicted octanol–water partition coefficient (Wildman–Crippen LogP) is 6.97. The molecule has 0 aromatic carbocycles. The van der Waals surface area contributed by atoms with Gasteiger partial charge in [0.05, 0.1) is 18.3 Å². The van der Waals surface area contributed by atoms with Gasteiger partial charge >= 0.3 is 5.97 Å². The van der Waals surface area contributed by atoms with Crippen LogP contribution in [-0.2, 0) is 42.9 Å². The Morgan fingerprint density at radius 1 is 0.891 bits per heavy atom. The molecular weight excluding hydrogens is 933 g/mol. The molecule has 15 atom stereocenters. The van der Waals surface area contributed by atoms with Crippen LogP contribution < -0.4 is 0 Å². The summed E-state index contributed by atoms with van der Waals surface area (Å²) < 4.78 is 23.6. The summed E-state index contributed by atoms with van der Waals surface area (Å²) in [7, 11) is 2.95. The number of hydrogen-bond donors (Lipinski definition) is 3. The van der Waals surface area contributed by atoms with E-state index in [0.717, 1.165) is 12.0 Å². The van der Waals surface area contributed by atoms with Gasteiger partial charge in [-0.2, -0.15) is 0 Å². The average molecular weight is 1010 g/mol. The van der Waals surface area contributed by atoms with Gasteiger partial charge in [-0.3, -0.25) is 19.2 Å². The van der Waals surface area contributed by atoms with Gasteiger partial charge in [-0.1, -0.05) is 99.2 Å². The van der Waals surface area contributed by atoms with E-state index >= 15 is 0 Å². The lowest BCUT2D eigenvalue weighted by Crippen LogP contribution is -2.60. The molecule has 13 nitrogen and oxygen atoms in total. The van der Waals surface area contributed by atoms with E-state index in [-0.39, 0.29) is 58.7 Å². The van der Waals surface area contributed by atoms with E-state index in [1.807, 2.05) is 58.1 Å². The number of halogens is 1. The monoisotopic (exact) mass is 1010 g/mol. The number of hydrogen-bond acceptors (Lipinski definition) is 12. The molecule has 14 heteroatoms. The second-order valence-corrected chi connectivity index (χ2v) is 20.8. The van der Waals surface area contributed by atoms with Gasteiger partial charge in [-0.05, 0) is 108 Å². The van der Waals surface area contributed by atoms with Gasteiger partial charge in [0.2, 0.25) is 5.79 Å². The van der Waals surface area contributed by atoms with Crippen LogP contribution in [0.1, 0.15) is 126 Å². The van der Waals surface area contributed by atoms with Gasteiger partial charge in [0.15, 0.2) is 5.78 Å². The smallest absolute Gasteiger partial charge is 0.329 e. The van der Waals surface area contributed by atoms with Gasteiger partial charge in [-0.15, -0.1) is 0 Å². The van der Waals surface area contributed by atoms with E-state index < -0.39 is 77.8 Å². The van der Waals surface area contributed by atoms with Crippen molar-refractivity contribution in [2.45, 2.75) is 178 Å². The molecule has 3 N–H and O–H groups in total. The molecule has 1 saturated carbocycles. The SMILES string of the molecule is CO[C@@H]1C[C@@H](CC(C)[C@@H]2CC(=O)[C@H](C)/C=C(\C)[C@@H](O)[C@@H](OC)C(=O)[C@H](C)C[C@H](C)/C=C/C=C/C=C(/C)C(I)C[C@@H]3CC[C@@H](C)[C@@](O)(O3)C(=O)C(=O)N3CCCCC3C(=O)O2)CC[C@H]1O. The minimum absolute atomic E-state index is 0.00152. The number of ketones is 3. The minimum atomic E-state index is -2.37. The van der Waals surface area contributed by atoms with Crippen molar-refractivity contribution in [3.05, 3.63) is 47.6 Å². The Kier molecular flexibility index (Phi) is 21.1. The van der Waals surface area contributed by atoms with Crippen LogP contribution in [-0.4, -0.2) is 123 Å². The zero-order valence-corrected chi connectivity index (χ0v) is 41.7. The first-order chi connectivity index (χ1) is 30.2. The van der Waals surface area contributed by atoms with Crippen LogP contribution in [0.15, 0.2) is 47.6 Å². The molecule has 0 spiro atoms. The number of methoxy groups -OCH3 is 2. The fourth-order valence-corrected chi connectivity index (χ4v) is 10.6. The molecule has 4 rings (SSSR count). The number of Topliss-reactive ketones (excluding diaryl/α,β-unsaturated/α-hetero) is 3. The molecule has 3 fully saturated rings. The molecule has 3 aliphatic heterocycles. The summed E-state index contributed by atoms with van der Waals surface area (Å²) in [6.45, 7) is 12.9. The molecule has 3 unspecified atom stereocenters. The number of carbonyl (C=O) groups is 5. The minimum Gasteiger partial charge on any atom is -0.460 e. The summed E-state index contributed by atoms with van der Waals surface area (Å²) in [6.07, 6.45) is 12.4. The number of allylic oxidation sites excluding steroid dienone is 7. The number of alkyl halides is 1. The third kappa shape index (κ3) is 14.2. The highest BCUT2D eigenvalue weighted by molar-refractivity contribution is 14.1. The second-order valence-electron chi connectivity index (χ2n) is 19.3. The third-order valence-electron chi connectivity index (χ3n) is 14.2. The van der Waals surface area contributed by atoms with E-state index in [1.54, 1.807) is 34.0 Å². The Balaban J connectivity index is 1.69. The van der Waals surface area contributed by atoms with Gasteiger partial charge < -0.3 is 39.2 Å². The number of carbonyl (C=O) groups excluding carboxylic acids is 5. The molecule has 3 heterocycles. The Bertz CT molecular complexity index is 1740. The largest absolute Gasteiger partial charge is 0.460 e. The second kappa shape index (κ2) is 25.0. The van der Waals surface area contributed by atoms with Crippen LogP contribution in [0.4, 0.5) is 0 Å². The molecular formula is C50H76INO12. The van der Waals surface area contributed by atoms with Crippen LogP contribution >= 0.6 is 22.6 Å². The summed E-state index contributed by atoms with van der Waals surface area (Å²) >= 11 is 2.32. The first kappa shape index (κ1) is 54.0. The number of amides is 1. The molecule has 1 aliphatic carbocycles. The van der Waals surface area contributed by atoms with Crippen LogP contribution in [0.3, 0.4) is 0 Å². The lowest BCUT2D eigenvalue weighted by Gasteiger charge is -2.42. The Hall–Kier alpha value is -2.60. The van der Waals surface area contributed by atoms with Crippen molar-refractivity contribution in [3.63, 3.8) is 0 Å². The van der Waals surface area contributed by atoms with Crippen LogP contribution in [0, 0.1) is 35.5 Å². The van der Waals surface area contributed by atoms with Crippen molar-refractivity contribution in [3.8, 4) is 0 Å². The highest BCUT2D eigenvalue weighted by Crippen LogP contribution is 2.38. The molecule has 0 radical (unpaired) electrons. The number of esters is 1. The van der Waals surface area contributed by atoms with E-state index in [1.165, 1.54) is 12.0 Å². The summed E-state index contributed by atoms with van der Waals surface area (Å²) in [5.41, 5.74) is 1.45. The summed E-state index contributed by atoms with van der Waals surface area (Å²) in [5, 5.41) is 33.8. The van der Waals surface area contributed by atoms with Crippen LogP contribution in [0.25, 0.3) is 0 Å². The summed E-state index contributed by atoms with van der Waals surface area (Å²) in [6, 6.07) is -1.12. The number of piperidine rings is 1. The third-order valence-corrected chi connectivity index (χ3v) is 15.7. The first-order valence-electron chi connectivity index (χ1n) is 23.5. The topological polar surface area (TPSA) is 186 Å². The number of aliphatic hydroxyl groups excluding tert-OH is 2. The fourth-order valence-electron chi connectivity index (χ4n) is 9.82. The zero-order chi connectivity index (χ0) is 47.5. The average Bonchev–Trinajstić information content (AvgIpc) is 3.26. The van der Waals surface area contributed by atoms with Gasteiger partial charge in [-0.25, -0.2) is 4.79 Å². The molecule has 2 bridgehead atoms. The molecule has 0 aromatic heterocycles. The Morgan fingerprint density at radius 3 is 2.30 bits per heavy atom. The Morgan fingerprint density at radius 2 is 1.61 bits per heavy atom. The number of fused-ring (bicyclic) bond motifs is 3. The molecule has 360 valence electrons.